The van der Waals surface area contributed by atoms with Crippen LogP contribution in [0.5, 0.6) is 0 Å². The van der Waals surface area contributed by atoms with E-state index in [4.69, 9.17) is 9.97 Å². The summed E-state index contributed by atoms with van der Waals surface area (Å²) in [6, 6.07) is 6.38. The summed E-state index contributed by atoms with van der Waals surface area (Å²) in [5, 5.41) is 11.3. The van der Waals surface area contributed by atoms with Crippen LogP contribution in [0, 0.1) is 0 Å². The lowest BCUT2D eigenvalue weighted by atomic mass is 10.1. The van der Waals surface area contributed by atoms with Crippen molar-refractivity contribution in [1.29, 1.82) is 0 Å². The van der Waals surface area contributed by atoms with Crippen LogP contribution in [0.2, 0.25) is 0 Å². The highest BCUT2D eigenvalue weighted by Crippen LogP contribution is 2.26. The molecular formula is C18H19N5S. The number of thiophene rings is 1. The molecular weight excluding hydrogens is 318 g/mol. The van der Waals surface area contributed by atoms with Gasteiger partial charge in [0.15, 0.2) is 5.82 Å². The Kier molecular flexibility index (Phi) is 4.23. The summed E-state index contributed by atoms with van der Waals surface area (Å²) >= 11 is 1.74. The highest BCUT2D eigenvalue weighted by atomic mass is 32.1. The maximum absolute atomic E-state index is 4.80. The molecule has 3 aromatic heterocycles. The van der Waals surface area contributed by atoms with Crippen molar-refractivity contribution in [2.75, 3.05) is 5.32 Å². The first-order valence-electron chi connectivity index (χ1n) is 8.08. The van der Waals surface area contributed by atoms with Crippen LogP contribution in [0.15, 0.2) is 41.4 Å². The van der Waals surface area contributed by atoms with Crippen molar-refractivity contribution in [2.45, 2.75) is 32.5 Å². The van der Waals surface area contributed by atoms with Gasteiger partial charge >= 0.3 is 0 Å². The molecule has 2 N–H and O–H groups in total. The standard InChI is InChI=1S/C18H19N5S/c1-12(8-13-4-7-24-11-13)21-18-15-9-20-10-16(15)22-17(23-18)14-2-5-19-6-3-14/h2-7,11-12,20H,8-10H2,1H3,(H,21,22,23)/t12-/m1/s1. The van der Waals surface area contributed by atoms with Crippen molar-refractivity contribution in [1.82, 2.24) is 20.3 Å². The molecule has 0 radical (unpaired) electrons. The highest BCUT2D eigenvalue weighted by Gasteiger charge is 2.20. The predicted molar refractivity (Wildman–Crippen MR) is 96.9 cm³/mol. The van der Waals surface area contributed by atoms with Gasteiger partial charge in [-0.3, -0.25) is 4.98 Å². The summed E-state index contributed by atoms with van der Waals surface area (Å²) in [6.07, 6.45) is 4.53. The molecule has 0 unspecified atom stereocenters. The molecule has 0 bridgehead atoms. The number of nitrogens with zero attached hydrogens (tertiary/aromatic N) is 3. The third-order valence-corrected chi connectivity index (χ3v) is 4.86. The summed E-state index contributed by atoms with van der Waals surface area (Å²) in [7, 11) is 0. The monoisotopic (exact) mass is 337 g/mol. The summed E-state index contributed by atoms with van der Waals surface area (Å²) in [5.74, 6) is 1.70. The van der Waals surface area contributed by atoms with Gasteiger partial charge in [-0.2, -0.15) is 11.3 Å². The number of aromatic nitrogens is 3. The van der Waals surface area contributed by atoms with E-state index in [2.05, 4.69) is 39.4 Å². The lowest BCUT2D eigenvalue weighted by molar-refractivity contribution is 0.754. The van der Waals surface area contributed by atoms with Crippen LogP contribution in [0.4, 0.5) is 5.82 Å². The van der Waals surface area contributed by atoms with Gasteiger partial charge in [0.2, 0.25) is 0 Å². The van der Waals surface area contributed by atoms with Gasteiger partial charge in [0.25, 0.3) is 0 Å². The minimum Gasteiger partial charge on any atom is -0.367 e. The van der Waals surface area contributed by atoms with Crippen LogP contribution in [-0.4, -0.2) is 21.0 Å². The Morgan fingerprint density at radius 1 is 1.21 bits per heavy atom. The quantitative estimate of drug-likeness (QED) is 0.748. The smallest absolute Gasteiger partial charge is 0.161 e. The van der Waals surface area contributed by atoms with Gasteiger partial charge in [-0.25, -0.2) is 9.97 Å². The van der Waals surface area contributed by atoms with Crippen molar-refractivity contribution < 1.29 is 0 Å². The van der Waals surface area contributed by atoms with E-state index < -0.39 is 0 Å². The zero-order valence-corrected chi connectivity index (χ0v) is 14.3. The molecule has 6 heteroatoms. The van der Waals surface area contributed by atoms with Crippen molar-refractivity contribution in [3.05, 3.63) is 58.2 Å². The van der Waals surface area contributed by atoms with Crippen LogP contribution in [0.1, 0.15) is 23.7 Å². The van der Waals surface area contributed by atoms with Gasteiger partial charge in [0.1, 0.15) is 5.82 Å². The molecule has 0 aliphatic carbocycles. The molecule has 122 valence electrons. The van der Waals surface area contributed by atoms with Crippen molar-refractivity contribution in [3.63, 3.8) is 0 Å². The SMILES string of the molecule is C[C@H](Cc1ccsc1)Nc1nc(-c2ccncc2)nc2c1CNC2. The van der Waals surface area contributed by atoms with Crippen LogP contribution in [-0.2, 0) is 19.5 Å². The maximum Gasteiger partial charge on any atom is 0.161 e. The summed E-state index contributed by atoms with van der Waals surface area (Å²) in [4.78, 5) is 13.6. The zero-order valence-electron chi connectivity index (χ0n) is 13.5. The largest absolute Gasteiger partial charge is 0.367 e. The Morgan fingerprint density at radius 3 is 2.88 bits per heavy atom. The predicted octanol–water partition coefficient (Wildman–Crippen LogP) is 3.25. The van der Waals surface area contributed by atoms with E-state index in [-0.39, 0.29) is 0 Å². The fourth-order valence-electron chi connectivity index (χ4n) is 2.96. The molecule has 5 nitrogen and oxygen atoms in total. The third-order valence-electron chi connectivity index (χ3n) is 4.13. The first-order chi connectivity index (χ1) is 11.8. The normalized spacial score (nSPS) is 14.4. The van der Waals surface area contributed by atoms with E-state index in [0.717, 1.165) is 42.4 Å². The molecule has 1 aliphatic rings. The number of anilines is 1. The van der Waals surface area contributed by atoms with Crippen LogP contribution in [0.25, 0.3) is 11.4 Å². The Hall–Kier alpha value is -2.31. The lowest BCUT2D eigenvalue weighted by Crippen LogP contribution is -2.20. The fourth-order valence-corrected chi connectivity index (χ4v) is 3.65. The molecule has 0 saturated carbocycles. The number of hydrogen-bond donors (Lipinski definition) is 2. The van der Waals surface area contributed by atoms with Gasteiger partial charge < -0.3 is 10.6 Å². The highest BCUT2D eigenvalue weighted by molar-refractivity contribution is 7.07. The van der Waals surface area contributed by atoms with E-state index in [9.17, 15) is 0 Å². The fraction of sp³-hybridized carbons (Fsp3) is 0.278. The number of rotatable bonds is 5. The minimum atomic E-state index is 0.310. The summed E-state index contributed by atoms with van der Waals surface area (Å²) in [5.41, 5.74) is 4.62. The second-order valence-electron chi connectivity index (χ2n) is 6.04. The molecule has 3 aromatic rings. The van der Waals surface area contributed by atoms with E-state index in [1.807, 2.05) is 12.1 Å². The molecule has 0 amide bonds. The lowest BCUT2D eigenvalue weighted by Gasteiger charge is -2.17. The van der Waals surface area contributed by atoms with Crippen LogP contribution >= 0.6 is 11.3 Å². The van der Waals surface area contributed by atoms with Gasteiger partial charge in [0.05, 0.1) is 5.69 Å². The first-order valence-corrected chi connectivity index (χ1v) is 9.02. The Balaban J connectivity index is 1.63. The topological polar surface area (TPSA) is 62.7 Å². The molecule has 0 spiro atoms. The number of nitrogens with one attached hydrogen (secondary N) is 2. The van der Waals surface area contributed by atoms with E-state index in [1.54, 1.807) is 23.7 Å². The second-order valence-corrected chi connectivity index (χ2v) is 6.82. The summed E-state index contributed by atoms with van der Waals surface area (Å²) in [6.45, 7) is 3.81. The first kappa shape index (κ1) is 15.2. The minimum absolute atomic E-state index is 0.310. The Labute approximate surface area is 145 Å². The van der Waals surface area contributed by atoms with E-state index in [0.29, 0.717) is 6.04 Å². The second kappa shape index (κ2) is 6.67. The van der Waals surface area contributed by atoms with E-state index >= 15 is 0 Å². The van der Waals surface area contributed by atoms with Gasteiger partial charge in [-0.1, -0.05) is 0 Å². The van der Waals surface area contributed by atoms with E-state index in [1.165, 1.54) is 11.1 Å². The Morgan fingerprint density at radius 2 is 2.08 bits per heavy atom. The molecule has 24 heavy (non-hydrogen) atoms. The number of pyridine rings is 1. The van der Waals surface area contributed by atoms with Gasteiger partial charge in [0, 0.05) is 42.7 Å². The molecule has 1 aliphatic heterocycles. The molecule has 0 saturated heterocycles. The van der Waals surface area contributed by atoms with Gasteiger partial charge in [-0.05, 0) is 47.9 Å². The summed E-state index contributed by atoms with van der Waals surface area (Å²) < 4.78 is 0. The zero-order chi connectivity index (χ0) is 16.4. The average Bonchev–Trinajstić information content (AvgIpc) is 3.27. The number of fused-ring (bicyclic) bond motifs is 1. The van der Waals surface area contributed by atoms with Crippen LogP contribution in [0.3, 0.4) is 0 Å². The molecule has 1 atom stereocenters. The number of hydrogen-bond acceptors (Lipinski definition) is 6. The Bertz CT molecular complexity index is 817. The molecule has 0 aromatic carbocycles. The van der Waals surface area contributed by atoms with Crippen molar-refractivity contribution >= 4 is 17.2 Å². The third kappa shape index (κ3) is 3.16. The average molecular weight is 337 g/mol. The van der Waals surface area contributed by atoms with Crippen molar-refractivity contribution in [2.24, 2.45) is 0 Å². The molecule has 4 heterocycles. The molecule has 0 fully saturated rings. The van der Waals surface area contributed by atoms with Crippen molar-refractivity contribution in [3.8, 4) is 11.4 Å². The maximum atomic E-state index is 4.80. The van der Waals surface area contributed by atoms with Crippen LogP contribution < -0.4 is 10.6 Å². The molecule has 4 rings (SSSR count). The van der Waals surface area contributed by atoms with Gasteiger partial charge in [-0.15, -0.1) is 0 Å².